The Balaban J connectivity index is 1.61. The molecule has 0 atom stereocenters. The van der Waals surface area contributed by atoms with Crippen LogP contribution in [0.5, 0.6) is 0 Å². The number of amides is 1. The van der Waals surface area contributed by atoms with Gasteiger partial charge >= 0.3 is 0 Å². The molecule has 4 nitrogen and oxygen atoms in total. The summed E-state index contributed by atoms with van der Waals surface area (Å²) in [6.07, 6.45) is 2.32. The molecule has 2 N–H and O–H groups in total. The molecule has 2 aromatic rings. The normalized spacial score (nSPS) is 10.2. The summed E-state index contributed by atoms with van der Waals surface area (Å²) in [5.41, 5.74) is 2.82. The number of aryl methyl sites for hydroxylation is 1. The van der Waals surface area contributed by atoms with Crippen molar-refractivity contribution in [2.24, 2.45) is 0 Å². The summed E-state index contributed by atoms with van der Waals surface area (Å²) < 4.78 is 0. The topological polar surface area (TPSA) is 58.2 Å². The molecule has 0 bridgehead atoms. The van der Waals surface area contributed by atoms with Gasteiger partial charge in [-0.2, -0.15) is 0 Å². The summed E-state index contributed by atoms with van der Waals surface area (Å²) in [5, 5.41) is 6.11. The van der Waals surface area contributed by atoms with Crippen LogP contribution in [0.4, 0.5) is 5.69 Å². The highest BCUT2D eigenvalue weighted by Gasteiger charge is 2.03. The summed E-state index contributed by atoms with van der Waals surface area (Å²) >= 11 is 0. The number of ketones is 1. The zero-order chi connectivity index (χ0) is 17.2. The largest absolute Gasteiger partial charge is 0.385 e. The average Bonchev–Trinajstić information content (AvgIpc) is 2.60. The fraction of sp³-hybridized carbons (Fsp3) is 0.300. The van der Waals surface area contributed by atoms with Crippen molar-refractivity contribution in [1.29, 1.82) is 0 Å². The lowest BCUT2D eigenvalue weighted by Gasteiger charge is -2.08. The van der Waals surface area contributed by atoms with Crippen LogP contribution in [0, 0.1) is 0 Å². The number of rotatable bonds is 9. The third-order valence-corrected chi connectivity index (χ3v) is 3.76. The number of carbonyl (C=O) groups excluding carboxylic acids is 2. The minimum atomic E-state index is 0.0369. The lowest BCUT2D eigenvalue weighted by molar-refractivity contribution is -0.120. The smallest absolute Gasteiger partial charge is 0.221 e. The maximum Gasteiger partial charge on any atom is 0.221 e. The van der Waals surface area contributed by atoms with Gasteiger partial charge in [0.1, 0.15) is 0 Å². The van der Waals surface area contributed by atoms with E-state index in [2.05, 4.69) is 22.8 Å². The molecule has 1 amide bonds. The van der Waals surface area contributed by atoms with Gasteiger partial charge in [0.05, 0.1) is 0 Å². The van der Waals surface area contributed by atoms with E-state index in [1.807, 2.05) is 30.3 Å². The lowest BCUT2D eigenvalue weighted by Crippen LogP contribution is -2.26. The van der Waals surface area contributed by atoms with Gasteiger partial charge in [-0.25, -0.2) is 0 Å². The molecule has 0 heterocycles. The van der Waals surface area contributed by atoms with E-state index < -0.39 is 0 Å². The van der Waals surface area contributed by atoms with E-state index in [4.69, 9.17) is 0 Å². The van der Waals surface area contributed by atoms with Crippen LogP contribution < -0.4 is 10.6 Å². The number of carbonyl (C=O) groups is 2. The van der Waals surface area contributed by atoms with E-state index in [0.717, 1.165) is 18.5 Å². The Morgan fingerprint density at radius 2 is 1.75 bits per heavy atom. The predicted molar refractivity (Wildman–Crippen MR) is 97.3 cm³/mol. The predicted octanol–water partition coefficient (Wildman–Crippen LogP) is 3.44. The van der Waals surface area contributed by atoms with Crippen molar-refractivity contribution in [3.8, 4) is 0 Å². The van der Waals surface area contributed by atoms with Gasteiger partial charge < -0.3 is 10.6 Å². The van der Waals surface area contributed by atoms with Gasteiger partial charge in [0.25, 0.3) is 0 Å². The van der Waals surface area contributed by atoms with E-state index in [9.17, 15) is 9.59 Å². The molecule has 2 aromatic carbocycles. The third-order valence-electron chi connectivity index (χ3n) is 3.76. The van der Waals surface area contributed by atoms with Gasteiger partial charge in [-0.3, -0.25) is 9.59 Å². The maximum absolute atomic E-state index is 11.8. The highest BCUT2D eigenvalue weighted by atomic mass is 16.1. The summed E-state index contributed by atoms with van der Waals surface area (Å²) in [5.74, 6) is 0.0769. The van der Waals surface area contributed by atoms with E-state index in [1.165, 1.54) is 5.56 Å². The molecule has 0 spiro atoms. The summed E-state index contributed by atoms with van der Waals surface area (Å²) in [6, 6.07) is 17.6. The lowest BCUT2D eigenvalue weighted by atomic mass is 10.1. The van der Waals surface area contributed by atoms with Crippen LogP contribution in [0.1, 0.15) is 35.7 Å². The molecule has 0 unspecified atom stereocenters. The Kier molecular flexibility index (Phi) is 7.02. The zero-order valence-corrected chi connectivity index (χ0v) is 14.0. The van der Waals surface area contributed by atoms with Crippen LogP contribution >= 0.6 is 0 Å². The van der Waals surface area contributed by atoms with Gasteiger partial charge in [-0.1, -0.05) is 42.5 Å². The fourth-order valence-electron chi connectivity index (χ4n) is 2.42. The van der Waals surface area contributed by atoms with E-state index in [0.29, 0.717) is 25.1 Å². The summed E-state index contributed by atoms with van der Waals surface area (Å²) in [4.78, 5) is 23.2. The molecule has 126 valence electrons. The second-order valence-electron chi connectivity index (χ2n) is 5.75. The van der Waals surface area contributed by atoms with Gasteiger partial charge in [-0.05, 0) is 37.5 Å². The van der Waals surface area contributed by atoms with Crippen LogP contribution in [-0.4, -0.2) is 24.8 Å². The van der Waals surface area contributed by atoms with Gasteiger partial charge in [0, 0.05) is 30.8 Å². The van der Waals surface area contributed by atoms with Crippen molar-refractivity contribution in [1.82, 2.24) is 5.32 Å². The standard InChI is InChI=1S/C20H24N2O2/c1-16(23)18-10-5-11-19(15-18)21-14-12-20(24)22-13-6-9-17-7-3-2-4-8-17/h2-5,7-8,10-11,15,21H,6,9,12-14H2,1H3,(H,22,24). The minimum Gasteiger partial charge on any atom is -0.385 e. The number of anilines is 1. The van der Waals surface area contributed by atoms with E-state index >= 15 is 0 Å². The SMILES string of the molecule is CC(=O)c1cccc(NCCC(=O)NCCCc2ccccc2)c1. The Morgan fingerprint density at radius 3 is 2.50 bits per heavy atom. The molecule has 0 saturated carbocycles. The molecule has 2 rings (SSSR count). The molecule has 0 aromatic heterocycles. The van der Waals surface area contributed by atoms with Gasteiger partial charge in [0.2, 0.25) is 5.91 Å². The van der Waals surface area contributed by atoms with Crippen molar-refractivity contribution < 1.29 is 9.59 Å². The van der Waals surface area contributed by atoms with Gasteiger partial charge in [0.15, 0.2) is 5.78 Å². The monoisotopic (exact) mass is 324 g/mol. The highest BCUT2D eigenvalue weighted by Crippen LogP contribution is 2.11. The first-order valence-corrected chi connectivity index (χ1v) is 8.30. The Morgan fingerprint density at radius 1 is 0.958 bits per heavy atom. The Bertz CT molecular complexity index is 668. The fourth-order valence-corrected chi connectivity index (χ4v) is 2.42. The molecule has 4 heteroatoms. The van der Waals surface area contributed by atoms with Crippen LogP contribution in [0.15, 0.2) is 54.6 Å². The van der Waals surface area contributed by atoms with Crippen molar-refractivity contribution in [2.45, 2.75) is 26.2 Å². The molecule has 0 aliphatic carbocycles. The first kappa shape index (κ1) is 17.7. The minimum absolute atomic E-state index is 0.0369. The number of benzene rings is 2. The average molecular weight is 324 g/mol. The summed E-state index contributed by atoms with van der Waals surface area (Å²) in [7, 11) is 0. The second kappa shape index (κ2) is 9.50. The number of Topliss-reactive ketones (excluding diaryl/α,β-unsaturated/α-hetero) is 1. The maximum atomic E-state index is 11.8. The quantitative estimate of drug-likeness (QED) is 0.549. The second-order valence-corrected chi connectivity index (χ2v) is 5.75. The number of hydrogen-bond acceptors (Lipinski definition) is 3. The number of hydrogen-bond donors (Lipinski definition) is 2. The molecule has 0 saturated heterocycles. The Labute approximate surface area is 143 Å². The molecular formula is C20H24N2O2. The van der Waals surface area contributed by atoms with Crippen molar-refractivity contribution in [3.05, 3.63) is 65.7 Å². The summed E-state index contributed by atoms with van der Waals surface area (Å²) in [6.45, 7) is 2.78. The first-order chi connectivity index (χ1) is 11.6. The third kappa shape index (κ3) is 6.24. The zero-order valence-electron chi connectivity index (χ0n) is 14.0. The molecular weight excluding hydrogens is 300 g/mol. The van der Waals surface area contributed by atoms with Crippen LogP contribution in [0.25, 0.3) is 0 Å². The first-order valence-electron chi connectivity index (χ1n) is 8.30. The molecule has 0 aliphatic heterocycles. The molecule has 24 heavy (non-hydrogen) atoms. The van der Waals surface area contributed by atoms with Crippen molar-refractivity contribution in [3.63, 3.8) is 0 Å². The molecule has 0 fully saturated rings. The highest BCUT2D eigenvalue weighted by molar-refractivity contribution is 5.94. The Hall–Kier alpha value is -2.62. The van der Waals surface area contributed by atoms with Crippen LogP contribution in [0.3, 0.4) is 0 Å². The number of nitrogens with one attached hydrogen (secondary N) is 2. The van der Waals surface area contributed by atoms with Crippen LogP contribution in [-0.2, 0) is 11.2 Å². The van der Waals surface area contributed by atoms with Crippen molar-refractivity contribution >= 4 is 17.4 Å². The molecule has 0 radical (unpaired) electrons. The van der Waals surface area contributed by atoms with Crippen LogP contribution in [0.2, 0.25) is 0 Å². The van der Waals surface area contributed by atoms with E-state index in [1.54, 1.807) is 19.1 Å². The molecule has 0 aliphatic rings. The van der Waals surface area contributed by atoms with Gasteiger partial charge in [-0.15, -0.1) is 0 Å². The van der Waals surface area contributed by atoms with Crippen molar-refractivity contribution in [2.75, 3.05) is 18.4 Å². The van der Waals surface area contributed by atoms with E-state index in [-0.39, 0.29) is 11.7 Å².